The first-order valence-corrected chi connectivity index (χ1v) is 7.59. The van der Waals surface area contributed by atoms with Gasteiger partial charge in [-0.05, 0) is 36.1 Å². The van der Waals surface area contributed by atoms with E-state index in [1.165, 1.54) is 0 Å². The molecule has 0 aliphatic carbocycles. The molecule has 1 amide bonds. The zero-order chi connectivity index (χ0) is 15.9. The van der Waals surface area contributed by atoms with E-state index in [0.717, 1.165) is 23.5 Å². The molecule has 1 heterocycles. The van der Waals surface area contributed by atoms with Gasteiger partial charge in [0.25, 0.3) is 0 Å². The van der Waals surface area contributed by atoms with Gasteiger partial charge in [-0.15, -0.1) is 0 Å². The Kier molecular flexibility index (Phi) is 5.53. The number of aryl methyl sites for hydroxylation is 1. The Morgan fingerprint density at radius 3 is 2.59 bits per heavy atom. The predicted octanol–water partition coefficient (Wildman–Crippen LogP) is 3.64. The summed E-state index contributed by atoms with van der Waals surface area (Å²) >= 11 is 0. The molecular weight excluding hydrogens is 274 g/mol. The summed E-state index contributed by atoms with van der Waals surface area (Å²) in [4.78, 5) is 16.4. The van der Waals surface area contributed by atoms with Crippen molar-refractivity contribution in [3.05, 3.63) is 53.7 Å². The molecule has 22 heavy (non-hydrogen) atoms. The van der Waals surface area contributed by atoms with Crippen molar-refractivity contribution in [3.63, 3.8) is 0 Å². The largest absolute Gasteiger partial charge is 0.370 e. The zero-order valence-electron chi connectivity index (χ0n) is 13.4. The molecule has 0 aliphatic rings. The van der Waals surface area contributed by atoms with E-state index in [1.54, 1.807) is 6.20 Å². The smallest absolute Gasteiger partial charge is 0.228 e. The van der Waals surface area contributed by atoms with Crippen LogP contribution in [0.4, 0.5) is 11.5 Å². The molecular formula is C18H23N3O. The monoisotopic (exact) mass is 297 g/mol. The van der Waals surface area contributed by atoms with Crippen molar-refractivity contribution < 1.29 is 4.79 Å². The van der Waals surface area contributed by atoms with Crippen LogP contribution >= 0.6 is 0 Å². The molecule has 0 saturated heterocycles. The maximum Gasteiger partial charge on any atom is 0.228 e. The Balaban J connectivity index is 1.90. The first-order chi connectivity index (χ1) is 10.5. The highest BCUT2D eigenvalue weighted by Gasteiger charge is 2.06. The molecule has 116 valence electrons. The average Bonchev–Trinajstić information content (AvgIpc) is 2.49. The van der Waals surface area contributed by atoms with E-state index in [-0.39, 0.29) is 5.91 Å². The van der Waals surface area contributed by atoms with Gasteiger partial charge in [-0.25, -0.2) is 4.98 Å². The molecule has 0 aliphatic heterocycles. The second-order valence-electron chi connectivity index (χ2n) is 5.86. The number of pyridine rings is 1. The highest BCUT2D eigenvalue weighted by Crippen LogP contribution is 2.12. The number of hydrogen-bond acceptors (Lipinski definition) is 3. The SMILES string of the molecule is Cc1ccccc1CC(=O)Nc1ccc(NCC(C)C)nc1. The van der Waals surface area contributed by atoms with Crippen molar-refractivity contribution in [1.29, 1.82) is 0 Å². The van der Waals surface area contributed by atoms with Crippen LogP contribution in [0.5, 0.6) is 0 Å². The summed E-state index contributed by atoms with van der Waals surface area (Å²) in [5.41, 5.74) is 2.89. The second-order valence-corrected chi connectivity index (χ2v) is 5.86. The number of aromatic nitrogens is 1. The van der Waals surface area contributed by atoms with Crippen LogP contribution in [0, 0.1) is 12.8 Å². The number of benzene rings is 1. The Bertz CT molecular complexity index is 620. The van der Waals surface area contributed by atoms with E-state index in [9.17, 15) is 4.79 Å². The number of carbonyl (C=O) groups is 1. The quantitative estimate of drug-likeness (QED) is 0.856. The first-order valence-electron chi connectivity index (χ1n) is 7.59. The molecule has 2 aromatic rings. The highest BCUT2D eigenvalue weighted by atomic mass is 16.1. The minimum atomic E-state index is -0.0287. The van der Waals surface area contributed by atoms with Gasteiger partial charge >= 0.3 is 0 Å². The van der Waals surface area contributed by atoms with Gasteiger partial charge in [0.2, 0.25) is 5.91 Å². The van der Waals surface area contributed by atoms with Crippen LogP contribution in [-0.4, -0.2) is 17.4 Å². The Morgan fingerprint density at radius 1 is 1.18 bits per heavy atom. The Labute approximate surface area is 132 Å². The third-order valence-electron chi connectivity index (χ3n) is 3.35. The fourth-order valence-corrected chi connectivity index (χ4v) is 2.07. The van der Waals surface area contributed by atoms with E-state index >= 15 is 0 Å². The molecule has 0 unspecified atom stereocenters. The Morgan fingerprint density at radius 2 is 1.95 bits per heavy atom. The molecule has 2 N–H and O–H groups in total. The van der Waals surface area contributed by atoms with Gasteiger partial charge in [-0.1, -0.05) is 38.1 Å². The highest BCUT2D eigenvalue weighted by molar-refractivity contribution is 5.92. The number of rotatable bonds is 6. The van der Waals surface area contributed by atoms with Gasteiger partial charge in [-0.3, -0.25) is 4.79 Å². The van der Waals surface area contributed by atoms with Crippen molar-refractivity contribution in [3.8, 4) is 0 Å². The van der Waals surface area contributed by atoms with Crippen LogP contribution in [0.25, 0.3) is 0 Å². The van der Waals surface area contributed by atoms with Gasteiger partial charge in [0, 0.05) is 6.54 Å². The number of hydrogen-bond donors (Lipinski definition) is 2. The topological polar surface area (TPSA) is 54.0 Å². The molecule has 0 spiro atoms. The van der Waals surface area contributed by atoms with Crippen LogP contribution in [0.15, 0.2) is 42.6 Å². The molecule has 2 rings (SSSR count). The van der Waals surface area contributed by atoms with Crippen molar-refractivity contribution in [2.45, 2.75) is 27.2 Å². The zero-order valence-corrected chi connectivity index (χ0v) is 13.4. The molecule has 4 heteroatoms. The Hall–Kier alpha value is -2.36. The molecule has 0 radical (unpaired) electrons. The third kappa shape index (κ3) is 4.88. The van der Waals surface area contributed by atoms with Crippen LogP contribution in [0.2, 0.25) is 0 Å². The van der Waals surface area contributed by atoms with E-state index in [0.29, 0.717) is 18.0 Å². The lowest BCUT2D eigenvalue weighted by Crippen LogP contribution is -2.15. The normalized spacial score (nSPS) is 10.5. The van der Waals surface area contributed by atoms with E-state index in [1.807, 2.05) is 43.3 Å². The van der Waals surface area contributed by atoms with Gasteiger partial charge in [0.1, 0.15) is 5.82 Å². The van der Waals surface area contributed by atoms with Gasteiger partial charge < -0.3 is 10.6 Å². The fourth-order valence-electron chi connectivity index (χ4n) is 2.07. The molecule has 0 fully saturated rings. The fraction of sp³-hybridized carbons (Fsp3) is 0.333. The van der Waals surface area contributed by atoms with Crippen molar-refractivity contribution >= 4 is 17.4 Å². The molecule has 0 atom stereocenters. The molecule has 1 aromatic heterocycles. The molecule has 0 bridgehead atoms. The lowest BCUT2D eigenvalue weighted by atomic mass is 10.1. The minimum Gasteiger partial charge on any atom is -0.370 e. The number of nitrogens with one attached hydrogen (secondary N) is 2. The summed E-state index contributed by atoms with van der Waals surface area (Å²) in [6.07, 6.45) is 2.05. The van der Waals surface area contributed by atoms with Crippen LogP contribution < -0.4 is 10.6 Å². The standard InChI is InChI=1S/C18H23N3O/c1-13(2)11-19-17-9-8-16(12-20-17)21-18(22)10-15-7-5-4-6-14(15)3/h4-9,12-13H,10-11H2,1-3H3,(H,19,20)(H,21,22). The summed E-state index contributed by atoms with van der Waals surface area (Å²) in [6, 6.07) is 11.7. The molecule has 1 aromatic carbocycles. The second kappa shape index (κ2) is 7.59. The van der Waals surface area contributed by atoms with Crippen molar-refractivity contribution in [2.75, 3.05) is 17.2 Å². The summed E-state index contributed by atoms with van der Waals surface area (Å²) in [5, 5.41) is 6.13. The summed E-state index contributed by atoms with van der Waals surface area (Å²) in [7, 11) is 0. The summed E-state index contributed by atoms with van der Waals surface area (Å²) < 4.78 is 0. The van der Waals surface area contributed by atoms with Gasteiger partial charge in [-0.2, -0.15) is 0 Å². The van der Waals surface area contributed by atoms with E-state index < -0.39 is 0 Å². The van der Waals surface area contributed by atoms with Crippen LogP contribution in [0.3, 0.4) is 0 Å². The summed E-state index contributed by atoms with van der Waals surface area (Å²) in [5.74, 6) is 1.36. The van der Waals surface area contributed by atoms with Crippen LogP contribution in [0.1, 0.15) is 25.0 Å². The van der Waals surface area contributed by atoms with Crippen LogP contribution in [-0.2, 0) is 11.2 Å². The number of anilines is 2. The minimum absolute atomic E-state index is 0.0287. The van der Waals surface area contributed by atoms with E-state index in [4.69, 9.17) is 0 Å². The predicted molar refractivity (Wildman–Crippen MR) is 91.1 cm³/mol. The summed E-state index contributed by atoms with van der Waals surface area (Å²) in [6.45, 7) is 7.19. The maximum absolute atomic E-state index is 12.1. The van der Waals surface area contributed by atoms with E-state index in [2.05, 4.69) is 29.5 Å². The van der Waals surface area contributed by atoms with Crippen molar-refractivity contribution in [2.24, 2.45) is 5.92 Å². The molecule has 0 saturated carbocycles. The lowest BCUT2D eigenvalue weighted by molar-refractivity contribution is -0.115. The first kappa shape index (κ1) is 16.0. The maximum atomic E-state index is 12.1. The van der Waals surface area contributed by atoms with Gasteiger partial charge in [0.15, 0.2) is 0 Å². The number of nitrogens with zero attached hydrogens (tertiary/aromatic N) is 1. The molecule has 4 nitrogen and oxygen atoms in total. The average molecular weight is 297 g/mol. The third-order valence-corrected chi connectivity index (χ3v) is 3.35. The van der Waals surface area contributed by atoms with Gasteiger partial charge in [0.05, 0.1) is 18.3 Å². The van der Waals surface area contributed by atoms with Crippen molar-refractivity contribution in [1.82, 2.24) is 4.98 Å². The number of amides is 1. The number of carbonyl (C=O) groups excluding carboxylic acids is 1. The lowest BCUT2D eigenvalue weighted by Gasteiger charge is -2.10.